The molecule has 7 heteroatoms. The third kappa shape index (κ3) is 5.36. The van der Waals surface area contributed by atoms with E-state index in [4.69, 9.17) is 16.9 Å². The summed E-state index contributed by atoms with van der Waals surface area (Å²) in [5.41, 5.74) is 0.949. The molecule has 100 valence electrons. The monoisotopic (exact) mass is 280 g/mol. The molecule has 0 bridgehead atoms. The Balaban J connectivity index is 2.55. The number of carbonyl (C=O) groups is 1. The van der Waals surface area contributed by atoms with Crippen molar-refractivity contribution >= 4 is 23.4 Å². The van der Waals surface area contributed by atoms with Crippen molar-refractivity contribution in [3.05, 3.63) is 29.0 Å². The van der Waals surface area contributed by atoms with E-state index in [1.807, 2.05) is 6.07 Å². The van der Waals surface area contributed by atoms with Crippen LogP contribution in [-0.4, -0.2) is 28.7 Å². The number of nitriles is 1. The standard InChI is InChI=1S/C12H13ClN4O2/c1-9(16-19-12(18)5-6-14)17(2)8-10-3-4-11(13)15-7-10/h3-4,7H,5,8H2,1-2H3/b16-9+. The van der Waals surface area contributed by atoms with E-state index in [1.165, 1.54) is 0 Å². The molecule has 1 aromatic rings. The van der Waals surface area contributed by atoms with Crippen molar-refractivity contribution in [3.63, 3.8) is 0 Å². The average Bonchev–Trinajstić information content (AvgIpc) is 2.39. The van der Waals surface area contributed by atoms with Gasteiger partial charge in [0.05, 0.1) is 6.07 Å². The first kappa shape index (κ1) is 14.9. The molecule has 0 unspecified atom stereocenters. The molecule has 0 saturated carbocycles. The van der Waals surface area contributed by atoms with Crippen molar-refractivity contribution in [1.82, 2.24) is 9.88 Å². The van der Waals surface area contributed by atoms with Gasteiger partial charge in [-0.25, -0.2) is 9.78 Å². The van der Waals surface area contributed by atoms with E-state index in [1.54, 1.807) is 37.2 Å². The molecule has 0 atom stereocenters. The molecular weight excluding hydrogens is 268 g/mol. The fourth-order valence-corrected chi connectivity index (χ4v) is 1.28. The van der Waals surface area contributed by atoms with Crippen LogP contribution in [0.1, 0.15) is 18.9 Å². The number of amidine groups is 1. The van der Waals surface area contributed by atoms with Gasteiger partial charge in [0.25, 0.3) is 0 Å². The predicted octanol–water partition coefficient (Wildman–Crippen LogP) is 1.96. The van der Waals surface area contributed by atoms with Crippen molar-refractivity contribution in [2.75, 3.05) is 7.05 Å². The minimum atomic E-state index is -0.677. The third-order valence-electron chi connectivity index (χ3n) is 2.26. The Morgan fingerprint density at radius 1 is 1.63 bits per heavy atom. The van der Waals surface area contributed by atoms with Gasteiger partial charge in [-0.2, -0.15) is 5.26 Å². The van der Waals surface area contributed by atoms with Crippen LogP contribution in [0.2, 0.25) is 5.15 Å². The van der Waals surface area contributed by atoms with E-state index < -0.39 is 5.97 Å². The second-order valence-corrected chi connectivity index (χ2v) is 4.17. The Hall–Kier alpha value is -2.13. The third-order valence-corrected chi connectivity index (χ3v) is 2.49. The van der Waals surface area contributed by atoms with Crippen LogP contribution in [0, 0.1) is 11.3 Å². The summed E-state index contributed by atoms with van der Waals surface area (Å²) in [5, 5.41) is 12.4. The highest BCUT2D eigenvalue weighted by atomic mass is 35.5. The van der Waals surface area contributed by atoms with Crippen molar-refractivity contribution in [2.24, 2.45) is 5.16 Å². The zero-order valence-electron chi connectivity index (χ0n) is 10.6. The van der Waals surface area contributed by atoms with E-state index in [0.717, 1.165) is 5.56 Å². The van der Waals surface area contributed by atoms with Crippen LogP contribution in [0.5, 0.6) is 0 Å². The van der Waals surface area contributed by atoms with Gasteiger partial charge in [0.1, 0.15) is 17.4 Å². The van der Waals surface area contributed by atoms with Gasteiger partial charge in [0, 0.05) is 19.8 Å². The van der Waals surface area contributed by atoms with E-state index >= 15 is 0 Å². The van der Waals surface area contributed by atoms with Gasteiger partial charge < -0.3 is 9.74 Å². The first-order valence-electron chi connectivity index (χ1n) is 5.46. The number of halogens is 1. The molecule has 0 aliphatic heterocycles. The molecule has 0 amide bonds. The van der Waals surface area contributed by atoms with Crippen LogP contribution in [0.15, 0.2) is 23.5 Å². The van der Waals surface area contributed by atoms with Crippen molar-refractivity contribution < 1.29 is 9.63 Å². The molecule has 19 heavy (non-hydrogen) atoms. The van der Waals surface area contributed by atoms with Crippen molar-refractivity contribution in [2.45, 2.75) is 19.9 Å². The van der Waals surface area contributed by atoms with E-state index in [-0.39, 0.29) is 6.42 Å². The smallest absolute Gasteiger partial charge is 0.349 e. The summed E-state index contributed by atoms with van der Waals surface area (Å²) in [6.45, 7) is 2.25. The van der Waals surface area contributed by atoms with Gasteiger partial charge in [0.2, 0.25) is 0 Å². The number of hydrogen-bond donors (Lipinski definition) is 0. The topological polar surface area (TPSA) is 78.6 Å². The number of carbonyl (C=O) groups excluding carboxylic acids is 1. The largest absolute Gasteiger partial charge is 0.356 e. The molecule has 0 radical (unpaired) electrons. The lowest BCUT2D eigenvalue weighted by molar-refractivity contribution is -0.142. The van der Waals surface area contributed by atoms with Gasteiger partial charge in [-0.05, 0) is 18.6 Å². The van der Waals surface area contributed by atoms with E-state index in [0.29, 0.717) is 17.5 Å². The summed E-state index contributed by atoms with van der Waals surface area (Å²) in [5.74, 6) is -0.162. The Morgan fingerprint density at radius 2 is 2.37 bits per heavy atom. The molecule has 0 N–H and O–H groups in total. The summed E-state index contributed by atoms with van der Waals surface area (Å²) in [4.78, 5) is 21.3. The highest BCUT2D eigenvalue weighted by Gasteiger charge is 2.06. The van der Waals surface area contributed by atoms with Crippen LogP contribution >= 0.6 is 11.6 Å². The maximum absolute atomic E-state index is 11.0. The number of pyridine rings is 1. The Morgan fingerprint density at radius 3 is 2.95 bits per heavy atom. The Kier molecular flexibility index (Phi) is 5.76. The number of rotatable bonds is 4. The first-order chi connectivity index (χ1) is 9.02. The minimum absolute atomic E-state index is 0.318. The highest BCUT2D eigenvalue weighted by molar-refractivity contribution is 6.29. The normalized spacial score (nSPS) is 10.7. The summed E-state index contributed by atoms with van der Waals surface area (Å²) in [6, 6.07) is 5.23. The summed E-state index contributed by atoms with van der Waals surface area (Å²) in [6.07, 6.45) is 1.34. The zero-order chi connectivity index (χ0) is 14.3. The van der Waals surface area contributed by atoms with Gasteiger partial charge in [-0.3, -0.25) is 0 Å². The van der Waals surface area contributed by atoms with Gasteiger partial charge in [0.15, 0.2) is 0 Å². The molecule has 0 spiro atoms. The summed E-state index contributed by atoms with van der Waals surface area (Å²) < 4.78 is 0. The number of nitrogens with zero attached hydrogens (tertiary/aromatic N) is 4. The molecule has 1 aromatic heterocycles. The van der Waals surface area contributed by atoms with Crippen LogP contribution in [-0.2, 0) is 16.2 Å². The lowest BCUT2D eigenvalue weighted by Gasteiger charge is -2.17. The van der Waals surface area contributed by atoms with E-state index in [9.17, 15) is 4.79 Å². The highest BCUT2D eigenvalue weighted by Crippen LogP contribution is 2.07. The van der Waals surface area contributed by atoms with Crippen LogP contribution in [0.3, 0.4) is 0 Å². The van der Waals surface area contributed by atoms with Gasteiger partial charge >= 0.3 is 5.97 Å². The second-order valence-electron chi connectivity index (χ2n) is 3.78. The van der Waals surface area contributed by atoms with Crippen LogP contribution < -0.4 is 0 Å². The molecule has 0 fully saturated rings. The molecule has 1 heterocycles. The quantitative estimate of drug-likeness (QED) is 0.277. The number of hydrogen-bond acceptors (Lipinski definition) is 5. The molecular formula is C12H13ClN4O2. The lowest BCUT2D eigenvalue weighted by atomic mass is 10.3. The average molecular weight is 281 g/mol. The van der Waals surface area contributed by atoms with Crippen molar-refractivity contribution in [1.29, 1.82) is 5.26 Å². The van der Waals surface area contributed by atoms with Crippen LogP contribution in [0.4, 0.5) is 0 Å². The van der Waals surface area contributed by atoms with Gasteiger partial charge in [-0.1, -0.05) is 22.8 Å². The first-order valence-corrected chi connectivity index (χ1v) is 5.83. The molecule has 1 rings (SSSR count). The molecule has 6 nitrogen and oxygen atoms in total. The predicted molar refractivity (Wildman–Crippen MR) is 70.1 cm³/mol. The fraction of sp³-hybridized carbons (Fsp3) is 0.333. The lowest BCUT2D eigenvalue weighted by Crippen LogP contribution is -2.24. The minimum Gasteiger partial charge on any atom is -0.356 e. The zero-order valence-corrected chi connectivity index (χ0v) is 11.4. The van der Waals surface area contributed by atoms with Crippen LogP contribution in [0.25, 0.3) is 0 Å². The number of oxime groups is 1. The fourth-order valence-electron chi connectivity index (χ4n) is 1.17. The molecule has 0 saturated heterocycles. The summed E-state index contributed by atoms with van der Waals surface area (Å²) in [7, 11) is 1.80. The Bertz CT molecular complexity index is 507. The SMILES string of the molecule is C/C(=N\OC(=O)CC#N)N(C)Cc1ccc(Cl)nc1. The molecule has 0 aromatic carbocycles. The second kappa shape index (κ2) is 7.34. The molecule has 0 aliphatic rings. The Labute approximate surface area is 116 Å². The maximum Gasteiger partial charge on any atom is 0.349 e. The maximum atomic E-state index is 11.0. The molecule has 0 aliphatic carbocycles. The van der Waals surface area contributed by atoms with E-state index in [2.05, 4.69) is 15.0 Å². The van der Waals surface area contributed by atoms with Gasteiger partial charge in [-0.15, -0.1) is 0 Å². The number of aromatic nitrogens is 1. The van der Waals surface area contributed by atoms with Crippen molar-refractivity contribution in [3.8, 4) is 6.07 Å². The summed E-state index contributed by atoms with van der Waals surface area (Å²) >= 11 is 5.69.